The molecule has 3 aliphatic rings. The van der Waals surface area contributed by atoms with Crippen molar-refractivity contribution in [3.05, 3.63) is 113 Å². The highest BCUT2D eigenvalue weighted by Crippen LogP contribution is 2.48. The van der Waals surface area contributed by atoms with Crippen LogP contribution in [0.5, 0.6) is 17.2 Å². The number of methoxy groups -OCH3 is 1. The second kappa shape index (κ2) is 17.2. The number of aromatic nitrogens is 1. The number of ether oxygens (including phenoxy) is 4. The Bertz CT molecular complexity index is 2340. The first kappa shape index (κ1) is 38.8. The predicted molar refractivity (Wildman–Crippen MR) is 223 cm³/mol. The molecule has 8 rings (SSSR count). The van der Waals surface area contributed by atoms with Crippen molar-refractivity contribution >= 4 is 40.4 Å². The van der Waals surface area contributed by atoms with Gasteiger partial charge in [0.1, 0.15) is 36.0 Å². The van der Waals surface area contributed by atoms with Gasteiger partial charge in [-0.05, 0) is 97.2 Å². The first-order valence-electron chi connectivity index (χ1n) is 20.2. The zero-order valence-corrected chi connectivity index (χ0v) is 32.8. The van der Waals surface area contributed by atoms with Crippen LogP contribution in [0.4, 0.5) is 5.69 Å². The Balaban J connectivity index is 1.03. The molecule has 2 amide bonds. The Morgan fingerprint density at radius 2 is 1.76 bits per heavy atom. The highest BCUT2D eigenvalue weighted by molar-refractivity contribution is 6.06. The summed E-state index contributed by atoms with van der Waals surface area (Å²) in [6, 6.07) is 26.8. The zero-order chi connectivity index (χ0) is 40.1. The minimum Gasteiger partial charge on any atom is -0.497 e. The van der Waals surface area contributed by atoms with E-state index in [9.17, 15) is 19.5 Å². The molecule has 0 atom stereocenters. The molecule has 1 aromatic heterocycles. The molecule has 0 bridgehead atoms. The lowest BCUT2D eigenvalue weighted by Crippen LogP contribution is -2.61. The molecule has 0 spiro atoms. The standard InChI is InChI=1S/C47H49N3O8/c1-55-35-16-18-37-40(29-35)57-24-23-50-39-28-34(15-17-36(39)43(44(37)50)33-11-6-3-7-12-33)45(53)49-47(21-8-22-47)46(54)48-38-19-13-31(14-20-42(51)52)27-41(38)58-26-25-56-30-32-9-4-2-5-10-32/h2,4-5,9-10,13-20,27-29,33H,3,6-8,11-12,21-26,30H2,1H3,(H,48,54)(H,49,53)(H,51,52)/b20-14+. The van der Waals surface area contributed by atoms with Gasteiger partial charge in [-0.25, -0.2) is 4.79 Å². The number of benzene rings is 4. The van der Waals surface area contributed by atoms with E-state index in [1.54, 1.807) is 25.3 Å². The van der Waals surface area contributed by atoms with Gasteiger partial charge in [0.15, 0.2) is 0 Å². The van der Waals surface area contributed by atoms with Gasteiger partial charge in [-0.2, -0.15) is 0 Å². The molecule has 2 saturated carbocycles. The number of anilines is 1. The highest BCUT2D eigenvalue weighted by atomic mass is 16.5. The van der Waals surface area contributed by atoms with Crippen LogP contribution in [-0.4, -0.2) is 59.9 Å². The van der Waals surface area contributed by atoms with Crippen molar-refractivity contribution in [2.24, 2.45) is 0 Å². The number of hydrogen-bond donors (Lipinski definition) is 3. The molecule has 1 aliphatic heterocycles. The quantitative estimate of drug-likeness (QED) is 0.0752. The number of carbonyl (C=O) groups excluding carboxylic acids is 2. The summed E-state index contributed by atoms with van der Waals surface area (Å²) >= 11 is 0. The number of nitrogens with one attached hydrogen (secondary N) is 2. The predicted octanol–water partition coefficient (Wildman–Crippen LogP) is 8.74. The van der Waals surface area contributed by atoms with Gasteiger partial charge < -0.3 is 39.3 Å². The summed E-state index contributed by atoms with van der Waals surface area (Å²) in [5.41, 5.74) is 5.89. The number of rotatable bonds is 14. The van der Waals surface area contributed by atoms with Crippen molar-refractivity contribution in [2.75, 3.05) is 32.2 Å². The lowest BCUT2D eigenvalue weighted by Gasteiger charge is -2.40. The highest BCUT2D eigenvalue weighted by Gasteiger charge is 2.46. The molecular formula is C47H49N3O8. The van der Waals surface area contributed by atoms with Crippen LogP contribution >= 0.6 is 0 Å². The van der Waals surface area contributed by atoms with Crippen LogP contribution < -0.4 is 24.8 Å². The van der Waals surface area contributed by atoms with Gasteiger partial charge in [0.25, 0.3) is 5.91 Å². The van der Waals surface area contributed by atoms with Gasteiger partial charge in [-0.15, -0.1) is 0 Å². The topological polar surface area (TPSA) is 137 Å². The summed E-state index contributed by atoms with van der Waals surface area (Å²) in [5.74, 6) is 0.573. The number of aliphatic carboxylic acids is 1. The molecule has 0 radical (unpaired) electrons. The maximum absolute atomic E-state index is 14.2. The molecule has 3 N–H and O–H groups in total. The SMILES string of the molecule is COc1ccc2c(c1)OCCn1c-2c(C2CCCCC2)c2ccc(C(=O)NC3(C(=O)Nc4ccc(/C=C/C(=O)O)cc4OCCOCc4ccccc4)CCC3)cc21. The number of amides is 2. The lowest BCUT2D eigenvalue weighted by molar-refractivity contribution is -0.131. The normalized spacial score (nSPS) is 16.0. The van der Waals surface area contributed by atoms with Crippen LogP contribution in [0.25, 0.3) is 28.2 Å². The minimum atomic E-state index is -1.11. The molecule has 300 valence electrons. The largest absolute Gasteiger partial charge is 0.497 e. The Hall–Kier alpha value is -6.07. The third-order valence-corrected chi connectivity index (χ3v) is 11.7. The molecule has 2 heterocycles. The number of carbonyl (C=O) groups is 3. The van der Waals surface area contributed by atoms with Crippen molar-refractivity contribution in [2.45, 2.75) is 76.0 Å². The third-order valence-electron chi connectivity index (χ3n) is 11.7. The van der Waals surface area contributed by atoms with E-state index in [0.29, 0.717) is 67.7 Å². The fourth-order valence-electron chi connectivity index (χ4n) is 8.51. The van der Waals surface area contributed by atoms with Gasteiger partial charge >= 0.3 is 5.97 Å². The summed E-state index contributed by atoms with van der Waals surface area (Å²) < 4.78 is 26.0. The molecule has 58 heavy (non-hydrogen) atoms. The van der Waals surface area contributed by atoms with Gasteiger partial charge in [0, 0.05) is 34.2 Å². The van der Waals surface area contributed by atoms with Crippen LogP contribution in [0.15, 0.2) is 91.0 Å². The van der Waals surface area contributed by atoms with E-state index in [0.717, 1.165) is 64.6 Å². The first-order valence-corrected chi connectivity index (χ1v) is 20.2. The average molecular weight is 784 g/mol. The van der Waals surface area contributed by atoms with Crippen LogP contribution in [0.1, 0.15) is 84.3 Å². The zero-order valence-electron chi connectivity index (χ0n) is 32.8. The first-order chi connectivity index (χ1) is 28.3. The van der Waals surface area contributed by atoms with Gasteiger partial charge in [0.05, 0.1) is 38.2 Å². The molecule has 5 aromatic rings. The minimum absolute atomic E-state index is 0.198. The second-order valence-electron chi connectivity index (χ2n) is 15.3. The van der Waals surface area contributed by atoms with Crippen LogP contribution in [0.3, 0.4) is 0 Å². The van der Waals surface area contributed by atoms with Crippen LogP contribution in [0.2, 0.25) is 0 Å². The Morgan fingerprint density at radius 3 is 2.52 bits per heavy atom. The summed E-state index contributed by atoms with van der Waals surface area (Å²) in [6.45, 7) is 2.02. The Morgan fingerprint density at radius 1 is 0.931 bits per heavy atom. The van der Waals surface area contributed by atoms with E-state index < -0.39 is 11.5 Å². The molecule has 11 nitrogen and oxygen atoms in total. The van der Waals surface area contributed by atoms with Gasteiger partial charge in [-0.1, -0.05) is 61.7 Å². The van der Waals surface area contributed by atoms with E-state index in [-0.39, 0.29) is 18.4 Å². The van der Waals surface area contributed by atoms with E-state index in [1.807, 2.05) is 54.6 Å². The number of carboxylic acids is 1. The van der Waals surface area contributed by atoms with E-state index in [4.69, 9.17) is 18.9 Å². The summed E-state index contributed by atoms with van der Waals surface area (Å²) in [4.78, 5) is 39.5. The number of fused-ring (bicyclic) bond motifs is 5. The number of carboxylic acid groups (broad SMARTS) is 1. The van der Waals surface area contributed by atoms with Crippen molar-refractivity contribution < 1.29 is 38.4 Å². The summed E-state index contributed by atoms with van der Waals surface area (Å²) in [7, 11) is 1.66. The third kappa shape index (κ3) is 8.17. The van der Waals surface area contributed by atoms with Crippen molar-refractivity contribution in [1.82, 2.24) is 9.88 Å². The molecule has 0 unspecified atom stereocenters. The second-order valence-corrected chi connectivity index (χ2v) is 15.3. The van der Waals surface area contributed by atoms with Crippen molar-refractivity contribution in [3.63, 3.8) is 0 Å². The molecule has 2 fully saturated rings. The summed E-state index contributed by atoms with van der Waals surface area (Å²) in [5, 5.41) is 16.5. The van der Waals surface area contributed by atoms with Crippen molar-refractivity contribution in [3.8, 4) is 28.5 Å². The van der Waals surface area contributed by atoms with Gasteiger partial charge in [0.2, 0.25) is 5.91 Å². The lowest BCUT2D eigenvalue weighted by atomic mass is 9.75. The summed E-state index contributed by atoms with van der Waals surface area (Å²) in [6.07, 6.45) is 10.1. The van der Waals surface area contributed by atoms with Gasteiger partial charge in [-0.3, -0.25) is 9.59 Å². The molecule has 0 saturated heterocycles. The Kier molecular flexibility index (Phi) is 11.5. The molecular weight excluding hydrogens is 735 g/mol. The number of nitrogens with zero attached hydrogens (tertiary/aromatic N) is 1. The molecule has 11 heteroatoms. The van der Waals surface area contributed by atoms with Crippen molar-refractivity contribution in [1.29, 1.82) is 0 Å². The smallest absolute Gasteiger partial charge is 0.328 e. The molecule has 2 aliphatic carbocycles. The number of hydrogen-bond acceptors (Lipinski definition) is 7. The fourth-order valence-corrected chi connectivity index (χ4v) is 8.51. The molecule has 4 aromatic carbocycles. The Labute approximate surface area is 337 Å². The average Bonchev–Trinajstić information content (AvgIpc) is 3.43. The van der Waals surface area contributed by atoms with E-state index >= 15 is 0 Å². The fraction of sp³-hybridized carbons (Fsp3) is 0.340. The van der Waals surface area contributed by atoms with Crippen LogP contribution in [0, 0.1) is 0 Å². The monoisotopic (exact) mass is 783 g/mol. The van der Waals surface area contributed by atoms with E-state index in [1.165, 1.54) is 30.9 Å². The van der Waals surface area contributed by atoms with E-state index in [2.05, 4.69) is 27.3 Å². The maximum Gasteiger partial charge on any atom is 0.328 e. The maximum atomic E-state index is 14.2. The van der Waals surface area contributed by atoms with Crippen LogP contribution in [-0.2, 0) is 27.5 Å².